The molecule has 3 atom stereocenters. The van der Waals surface area contributed by atoms with Crippen LogP contribution in [-0.2, 0) is 4.79 Å². The molecule has 1 aliphatic heterocycles. The zero-order valence-corrected chi connectivity index (χ0v) is 12.4. The number of carbonyl (C=O) groups excluding carboxylic acids is 1. The van der Waals surface area contributed by atoms with Crippen LogP contribution in [0.25, 0.3) is 0 Å². The predicted molar refractivity (Wildman–Crippen MR) is 77.0 cm³/mol. The van der Waals surface area contributed by atoms with Gasteiger partial charge in [0, 0.05) is 18.5 Å². The van der Waals surface area contributed by atoms with Crippen LogP contribution in [0.4, 0.5) is 0 Å². The average Bonchev–Trinajstić information content (AvgIpc) is 2.67. The number of rotatable bonds is 3. The first-order valence-electron chi connectivity index (χ1n) is 7.16. The van der Waals surface area contributed by atoms with Gasteiger partial charge in [-0.25, -0.2) is 0 Å². The van der Waals surface area contributed by atoms with E-state index in [1.54, 1.807) is 0 Å². The highest BCUT2D eigenvalue weighted by Gasteiger charge is 2.26. The third kappa shape index (κ3) is 4.77. The Morgan fingerprint density at radius 3 is 2.44 bits per heavy atom. The summed E-state index contributed by atoms with van der Waals surface area (Å²) in [6.45, 7) is 5.68. The number of amides is 1. The molecular formula is C14H27ClN2O. The van der Waals surface area contributed by atoms with Crippen molar-refractivity contribution in [2.75, 3.05) is 6.54 Å². The molecule has 0 aromatic carbocycles. The highest BCUT2D eigenvalue weighted by atomic mass is 35.5. The van der Waals surface area contributed by atoms with Crippen molar-refractivity contribution in [3.63, 3.8) is 0 Å². The van der Waals surface area contributed by atoms with E-state index in [2.05, 4.69) is 24.5 Å². The molecule has 0 radical (unpaired) electrons. The van der Waals surface area contributed by atoms with E-state index in [0.717, 1.165) is 37.6 Å². The van der Waals surface area contributed by atoms with Gasteiger partial charge in [-0.15, -0.1) is 12.4 Å². The summed E-state index contributed by atoms with van der Waals surface area (Å²) in [4.78, 5) is 11.9. The Morgan fingerprint density at radius 1 is 1.22 bits per heavy atom. The number of hydrogen-bond acceptors (Lipinski definition) is 2. The smallest absolute Gasteiger partial charge is 0.221 e. The van der Waals surface area contributed by atoms with Gasteiger partial charge >= 0.3 is 0 Å². The van der Waals surface area contributed by atoms with Crippen molar-refractivity contribution in [1.82, 2.24) is 10.6 Å². The fourth-order valence-corrected chi connectivity index (χ4v) is 3.51. The second-order valence-corrected chi connectivity index (χ2v) is 6.18. The van der Waals surface area contributed by atoms with Gasteiger partial charge in [-0.2, -0.15) is 0 Å². The van der Waals surface area contributed by atoms with Gasteiger partial charge in [0.25, 0.3) is 0 Å². The summed E-state index contributed by atoms with van der Waals surface area (Å²) in [5.74, 6) is 1.76. The van der Waals surface area contributed by atoms with Gasteiger partial charge in [0.15, 0.2) is 0 Å². The maximum Gasteiger partial charge on any atom is 0.221 e. The van der Waals surface area contributed by atoms with Crippen LogP contribution in [0.15, 0.2) is 0 Å². The molecule has 106 valence electrons. The summed E-state index contributed by atoms with van der Waals surface area (Å²) in [5.41, 5.74) is 0. The van der Waals surface area contributed by atoms with Crippen molar-refractivity contribution in [1.29, 1.82) is 0 Å². The molecule has 4 heteroatoms. The molecule has 3 unspecified atom stereocenters. The van der Waals surface area contributed by atoms with E-state index < -0.39 is 0 Å². The third-order valence-electron chi connectivity index (χ3n) is 4.14. The van der Waals surface area contributed by atoms with Gasteiger partial charge in [0.2, 0.25) is 5.91 Å². The van der Waals surface area contributed by atoms with Crippen LogP contribution in [0, 0.1) is 11.8 Å². The molecule has 1 saturated heterocycles. The molecule has 0 spiro atoms. The van der Waals surface area contributed by atoms with Crippen LogP contribution >= 0.6 is 12.4 Å². The number of carbonyl (C=O) groups is 1. The van der Waals surface area contributed by atoms with E-state index in [0.29, 0.717) is 18.5 Å². The topological polar surface area (TPSA) is 41.1 Å². The van der Waals surface area contributed by atoms with E-state index in [9.17, 15) is 4.79 Å². The Hall–Kier alpha value is -0.280. The normalized spacial score (nSPS) is 35.9. The van der Waals surface area contributed by atoms with E-state index in [1.807, 2.05) is 0 Å². The molecule has 1 saturated carbocycles. The van der Waals surface area contributed by atoms with Crippen molar-refractivity contribution < 1.29 is 4.79 Å². The average molecular weight is 275 g/mol. The minimum Gasteiger partial charge on any atom is -0.353 e. The van der Waals surface area contributed by atoms with E-state index >= 15 is 0 Å². The standard InChI is InChI=1S/C14H26N2O.ClH/c1-10-6-11(2)8-13(7-10)16-14(17)9-12-4-3-5-15-12;/h10-13,15H,3-9H2,1-2H3,(H,16,17);1H. The Morgan fingerprint density at radius 2 is 1.89 bits per heavy atom. The van der Waals surface area contributed by atoms with Gasteiger partial charge in [-0.3, -0.25) is 4.79 Å². The summed E-state index contributed by atoms with van der Waals surface area (Å²) in [6, 6.07) is 0.844. The molecule has 0 aromatic rings. The lowest BCUT2D eigenvalue weighted by Gasteiger charge is -2.32. The molecular weight excluding hydrogens is 248 g/mol. The highest BCUT2D eigenvalue weighted by molar-refractivity contribution is 5.85. The Balaban J connectivity index is 0.00000162. The quantitative estimate of drug-likeness (QED) is 0.830. The maximum absolute atomic E-state index is 11.9. The molecule has 2 rings (SSSR count). The highest BCUT2D eigenvalue weighted by Crippen LogP contribution is 2.28. The van der Waals surface area contributed by atoms with E-state index in [1.165, 1.54) is 12.8 Å². The zero-order chi connectivity index (χ0) is 12.3. The SMILES string of the molecule is CC1CC(C)CC(NC(=O)CC2CCCN2)C1.Cl. The monoisotopic (exact) mass is 274 g/mol. The first-order chi connectivity index (χ1) is 8.13. The van der Waals surface area contributed by atoms with E-state index in [-0.39, 0.29) is 18.3 Å². The van der Waals surface area contributed by atoms with Crippen LogP contribution in [-0.4, -0.2) is 24.5 Å². The van der Waals surface area contributed by atoms with Crippen LogP contribution in [0.5, 0.6) is 0 Å². The molecule has 18 heavy (non-hydrogen) atoms. The molecule has 1 amide bonds. The molecule has 3 nitrogen and oxygen atoms in total. The minimum absolute atomic E-state index is 0. The lowest BCUT2D eigenvalue weighted by atomic mass is 9.80. The summed E-state index contributed by atoms with van der Waals surface area (Å²) in [6.07, 6.45) is 6.68. The van der Waals surface area contributed by atoms with Gasteiger partial charge in [-0.1, -0.05) is 13.8 Å². The second-order valence-electron chi connectivity index (χ2n) is 6.18. The first-order valence-corrected chi connectivity index (χ1v) is 7.16. The molecule has 2 fully saturated rings. The lowest BCUT2D eigenvalue weighted by Crippen LogP contribution is -2.42. The third-order valence-corrected chi connectivity index (χ3v) is 4.14. The van der Waals surface area contributed by atoms with Gasteiger partial charge < -0.3 is 10.6 Å². The van der Waals surface area contributed by atoms with Crippen molar-refractivity contribution in [3.8, 4) is 0 Å². The molecule has 1 heterocycles. The molecule has 0 aromatic heterocycles. The van der Waals surface area contributed by atoms with E-state index in [4.69, 9.17) is 0 Å². The molecule has 0 bridgehead atoms. The summed E-state index contributed by atoms with van der Waals surface area (Å²) in [5, 5.41) is 6.61. The van der Waals surface area contributed by atoms with Crippen molar-refractivity contribution in [3.05, 3.63) is 0 Å². The van der Waals surface area contributed by atoms with Crippen LogP contribution in [0.1, 0.15) is 52.4 Å². The zero-order valence-electron chi connectivity index (χ0n) is 11.6. The summed E-state index contributed by atoms with van der Waals surface area (Å²) >= 11 is 0. The number of hydrogen-bond donors (Lipinski definition) is 2. The van der Waals surface area contributed by atoms with Crippen molar-refractivity contribution in [2.45, 2.75) is 64.5 Å². The van der Waals surface area contributed by atoms with Crippen molar-refractivity contribution >= 4 is 18.3 Å². The Labute approximate surface area is 117 Å². The molecule has 2 N–H and O–H groups in total. The van der Waals surface area contributed by atoms with Crippen LogP contribution in [0.3, 0.4) is 0 Å². The second kappa shape index (κ2) is 7.34. The first kappa shape index (κ1) is 15.8. The fraction of sp³-hybridized carbons (Fsp3) is 0.929. The summed E-state index contributed by atoms with van der Waals surface area (Å²) < 4.78 is 0. The van der Waals surface area contributed by atoms with Gasteiger partial charge in [0.05, 0.1) is 0 Å². The van der Waals surface area contributed by atoms with Crippen molar-refractivity contribution in [2.24, 2.45) is 11.8 Å². The lowest BCUT2D eigenvalue weighted by molar-refractivity contribution is -0.122. The number of halogens is 1. The molecule has 1 aliphatic carbocycles. The minimum atomic E-state index is 0. The summed E-state index contributed by atoms with van der Waals surface area (Å²) in [7, 11) is 0. The predicted octanol–water partition coefficient (Wildman–Crippen LogP) is 2.49. The Bertz CT molecular complexity index is 257. The van der Waals surface area contributed by atoms with Gasteiger partial charge in [0.1, 0.15) is 0 Å². The Kier molecular flexibility index (Phi) is 6.44. The van der Waals surface area contributed by atoms with Crippen LogP contribution < -0.4 is 10.6 Å². The van der Waals surface area contributed by atoms with Gasteiger partial charge in [-0.05, 0) is 50.5 Å². The maximum atomic E-state index is 11.9. The number of nitrogens with one attached hydrogen (secondary N) is 2. The van der Waals surface area contributed by atoms with Crippen LogP contribution in [0.2, 0.25) is 0 Å². The fourth-order valence-electron chi connectivity index (χ4n) is 3.51. The molecule has 2 aliphatic rings. The largest absolute Gasteiger partial charge is 0.353 e.